The van der Waals surface area contributed by atoms with E-state index < -0.39 is 0 Å². The lowest BCUT2D eigenvalue weighted by atomic mass is 10.3. The van der Waals surface area contributed by atoms with Crippen molar-refractivity contribution in [1.82, 2.24) is 9.97 Å². The monoisotopic (exact) mass is 274 g/mol. The fraction of sp³-hybridized carbons (Fsp3) is 0.667. The number of aryl methyl sites for hydroxylation is 1. The Kier molecular flexibility index (Phi) is 7.64. The van der Waals surface area contributed by atoms with Crippen molar-refractivity contribution in [3.8, 4) is 5.88 Å². The van der Waals surface area contributed by atoms with Gasteiger partial charge in [-0.05, 0) is 6.42 Å². The molecule has 0 bridgehead atoms. The van der Waals surface area contributed by atoms with Gasteiger partial charge in [0.05, 0.1) is 19.8 Å². The summed E-state index contributed by atoms with van der Waals surface area (Å²) in [4.78, 5) is 8.38. The maximum atomic E-state index is 5.89. The summed E-state index contributed by atoms with van der Waals surface area (Å²) in [6.45, 7) is 4.14. The quantitative estimate of drug-likeness (QED) is 0.510. The number of hydrogen-bond donors (Lipinski definition) is 0. The topological polar surface area (TPSA) is 53.5 Å². The van der Waals surface area contributed by atoms with Crippen molar-refractivity contribution in [2.45, 2.75) is 19.8 Å². The summed E-state index contributed by atoms with van der Waals surface area (Å²) in [5.74, 6) is 1.20. The summed E-state index contributed by atoms with van der Waals surface area (Å²) in [6.07, 6.45) is 1.77. The first kappa shape index (κ1) is 15.1. The predicted octanol–water partition coefficient (Wildman–Crippen LogP) is 2.12. The number of hydrogen-bond acceptors (Lipinski definition) is 5. The molecule has 0 aromatic carbocycles. The highest BCUT2D eigenvalue weighted by Gasteiger charge is 2.03. The molecule has 0 unspecified atom stereocenters. The molecule has 1 heterocycles. The van der Waals surface area contributed by atoms with E-state index in [-0.39, 0.29) is 0 Å². The molecule has 0 N–H and O–H groups in total. The SMILES string of the molecule is CCCc1nc(Cl)cc(OCCOCCOC)n1. The predicted molar refractivity (Wildman–Crippen MR) is 69.2 cm³/mol. The largest absolute Gasteiger partial charge is 0.475 e. The summed E-state index contributed by atoms with van der Waals surface area (Å²) in [6, 6.07) is 1.61. The Morgan fingerprint density at radius 2 is 1.94 bits per heavy atom. The third-order valence-corrected chi connectivity index (χ3v) is 2.29. The van der Waals surface area contributed by atoms with Gasteiger partial charge < -0.3 is 14.2 Å². The van der Waals surface area contributed by atoms with Gasteiger partial charge in [-0.25, -0.2) is 4.98 Å². The van der Waals surface area contributed by atoms with Crippen LogP contribution in [0, 0.1) is 0 Å². The summed E-state index contributed by atoms with van der Waals surface area (Å²) in [7, 11) is 1.64. The van der Waals surface area contributed by atoms with Crippen LogP contribution in [0.1, 0.15) is 19.2 Å². The summed E-state index contributed by atoms with van der Waals surface area (Å²) >= 11 is 5.89. The number of aromatic nitrogens is 2. The van der Waals surface area contributed by atoms with Gasteiger partial charge in [-0.2, -0.15) is 4.98 Å². The molecule has 0 spiro atoms. The van der Waals surface area contributed by atoms with Gasteiger partial charge in [0.15, 0.2) is 0 Å². The van der Waals surface area contributed by atoms with E-state index in [4.69, 9.17) is 25.8 Å². The van der Waals surface area contributed by atoms with Crippen LogP contribution in [0.25, 0.3) is 0 Å². The van der Waals surface area contributed by atoms with Crippen molar-refractivity contribution in [3.63, 3.8) is 0 Å². The van der Waals surface area contributed by atoms with Gasteiger partial charge in [0.2, 0.25) is 5.88 Å². The molecule has 0 aliphatic rings. The number of halogens is 1. The van der Waals surface area contributed by atoms with Crippen LogP contribution in [0.3, 0.4) is 0 Å². The van der Waals surface area contributed by atoms with Crippen molar-refractivity contribution in [3.05, 3.63) is 17.0 Å². The number of ether oxygens (including phenoxy) is 3. The molecule has 1 aromatic heterocycles. The van der Waals surface area contributed by atoms with E-state index in [1.54, 1.807) is 13.2 Å². The summed E-state index contributed by atoms with van der Waals surface area (Å²) in [5.41, 5.74) is 0. The standard InChI is InChI=1S/C12H19ClN2O3/c1-3-4-11-14-10(13)9-12(15-11)18-8-7-17-6-5-16-2/h9H,3-8H2,1-2H3. The fourth-order valence-electron chi connectivity index (χ4n) is 1.30. The van der Waals surface area contributed by atoms with E-state index in [2.05, 4.69) is 16.9 Å². The second-order valence-electron chi connectivity index (χ2n) is 3.65. The Morgan fingerprint density at radius 3 is 2.67 bits per heavy atom. The molecule has 102 valence electrons. The molecule has 0 fully saturated rings. The van der Waals surface area contributed by atoms with Crippen LogP contribution >= 0.6 is 11.6 Å². The van der Waals surface area contributed by atoms with Crippen LogP contribution in [0.4, 0.5) is 0 Å². The zero-order chi connectivity index (χ0) is 13.2. The molecular weight excluding hydrogens is 256 g/mol. The van der Waals surface area contributed by atoms with Crippen molar-refractivity contribution >= 4 is 11.6 Å². The third kappa shape index (κ3) is 6.14. The van der Waals surface area contributed by atoms with Crippen molar-refractivity contribution in [2.24, 2.45) is 0 Å². The van der Waals surface area contributed by atoms with E-state index in [0.717, 1.165) is 12.8 Å². The molecule has 1 aromatic rings. The van der Waals surface area contributed by atoms with Crippen molar-refractivity contribution in [1.29, 1.82) is 0 Å². The smallest absolute Gasteiger partial charge is 0.218 e. The number of nitrogens with zero attached hydrogens (tertiary/aromatic N) is 2. The molecule has 0 radical (unpaired) electrons. The molecular formula is C12H19ClN2O3. The lowest BCUT2D eigenvalue weighted by Crippen LogP contribution is -2.11. The lowest BCUT2D eigenvalue weighted by Gasteiger charge is -2.07. The molecule has 6 heteroatoms. The average Bonchev–Trinajstić information content (AvgIpc) is 2.33. The van der Waals surface area contributed by atoms with Crippen LogP contribution in [0.15, 0.2) is 6.07 Å². The van der Waals surface area contributed by atoms with Crippen LogP contribution in [0.2, 0.25) is 5.15 Å². The van der Waals surface area contributed by atoms with Crippen LogP contribution in [0.5, 0.6) is 5.88 Å². The minimum absolute atomic E-state index is 0.406. The van der Waals surface area contributed by atoms with E-state index >= 15 is 0 Å². The molecule has 0 aliphatic carbocycles. The zero-order valence-corrected chi connectivity index (χ0v) is 11.6. The third-order valence-electron chi connectivity index (χ3n) is 2.10. The second kappa shape index (κ2) is 9.08. The van der Waals surface area contributed by atoms with Crippen LogP contribution in [-0.4, -0.2) is 43.5 Å². The summed E-state index contributed by atoms with van der Waals surface area (Å²) in [5, 5.41) is 0.406. The summed E-state index contributed by atoms with van der Waals surface area (Å²) < 4.78 is 15.6. The van der Waals surface area contributed by atoms with Gasteiger partial charge in [-0.1, -0.05) is 18.5 Å². The van der Waals surface area contributed by atoms with E-state index in [1.807, 2.05) is 0 Å². The van der Waals surface area contributed by atoms with Gasteiger partial charge in [-0.3, -0.25) is 0 Å². The highest BCUT2D eigenvalue weighted by molar-refractivity contribution is 6.29. The van der Waals surface area contributed by atoms with E-state index in [1.165, 1.54) is 0 Å². The molecule has 0 amide bonds. The Bertz CT molecular complexity index is 350. The Morgan fingerprint density at radius 1 is 1.17 bits per heavy atom. The van der Waals surface area contributed by atoms with E-state index in [0.29, 0.717) is 43.3 Å². The molecule has 0 atom stereocenters. The van der Waals surface area contributed by atoms with E-state index in [9.17, 15) is 0 Å². The minimum atomic E-state index is 0.406. The molecule has 0 saturated heterocycles. The normalized spacial score (nSPS) is 10.6. The first-order valence-electron chi connectivity index (χ1n) is 5.99. The maximum Gasteiger partial charge on any atom is 0.218 e. The number of methoxy groups -OCH3 is 1. The zero-order valence-electron chi connectivity index (χ0n) is 10.8. The molecule has 0 aliphatic heterocycles. The van der Waals surface area contributed by atoms with Crippen molar-refractivity contribution in [2.75, 3.05) is 33.5 Å². The first-order valence-corrected chi connectivity index (χ1v) is 6.37. The number of rotatable bonds is 9. The minimum Gasteiger partial charge on any atom is -0.475 e. The first-order chi connectivity index (χ1) is 8.76. The highest BCUT2D eigenvalue weighted by Crippen LogP contribution is 2.14. The highest BCUT2D eigenvalue weighted by atomic mass is 35.5. The maximum absolute atomic E-state index is 5.89. The van der Waals surface area contributed by atoms with Crippen LogP contribution in [-0.2, 0) is 15.9 Å². The lowest BCUT2D eigenvalue weighted by molar-refractivity contribution is 0.0536. The average molecular weight is 275 g/mol. The Balaban J connectivity index is 2.32. The van der Waals surface area contributed by atoms with Crippen LogP contribution < -0.4 is 4.74 Å². The molecule has 18 heavy (non-hydrogen) atoms. The second-order valence-corrected chi connectivity index (χ2v) is 4.04. The Hall–Kier alpha value is -0.910. The van der Waals surface area contributed by atoms with Gasteiger partial charge in [0.1, 0.15) is 17.6 Å². The molecule has 5 nitrogen and oxygen atoms in total. The van der Waals surface area contributed by atoms with Gasteiger partial charge in [0.25, 0.3) is 0 Å². The van der Waals surface area contributed by atoms with Gasteiger partial charge in [-0.15, -0.1) is 0 Å². The van der Waals surface area contributed by atoms with Gasteiger partial charge in [0, 0.05) is 19.6 Å². The molecule has 1 rings (SSSR count). The Labute approximate surface area is 112 Å². The molecule has 0 saturated carbocycles. The van der Waals surface area contributed by atoms with Gasteiger partial charge >= 0.3 is 0 Å². The fourth-order valence-corrected chi connectivity index (χ4v) is 1.49. The van der Waals surface area contributed by atoms with Crippen molar-refractivity contribution < 1.29 is 14.2 Å².